The van der Waals surface area contributed by atoms with Crippen molar-refractivity contribution in [2.45, 2.75) is 33.6 Å². The van der Waals surface area contributed by atoms with Gasteiger partial charge in [0, 0.05) is 19.5 Å². The van der Waals surface area contributed by atoms with Crippen LogP contribution < -0.4 is 10.6 Å². The van der Waals surface area contributed by atoms with Crippen molar-refractivity contribution in [2.24, 2.45) is 5.92 Å². The average Bonchev–Trinajstić information content (AvgIpc) is 2.29. The maximum absolute atomic E-state index is 11.5. The van der Waals surface area contributed by atoms with Crippen LogP contribution in [0.1, 0.15) is 33.6 Å². The summed E-state index contributed by atoms with van der Waals surface area (Å²) in [5, 5.41) is 4.24. The predicted molar refractivity (Wildman–Crippen MR) is 64.4 cm³/mol. The summed E-state index contributed by atoms with van der Waals surface area (Å²) in [7, 11) is 1.56. The van der Waals surface area contributed by atoms with E-state index in [1.807, 2.05) is 13.8 Å². The van der Waals surface area contributed by atoms with Crippen LogP contribution in [0, 0.1) is 5.92 Å². The summed E-state index contributed by atoms with van der Waals surface area (Å²) in [6.45, 7) is 6.02. The average molecular weight is 243 g/mol. The molecule has 0 aromatic heterocycles. The molecule has 0 radical (unpaired) electrons. The molecule has 0 aromatic carbocycles. The molecule has 0 heterocycles. The summed E-state index contributed by atoms with van der Waals surface area (Å²) in [5.41, 5.74) is 0. The highest BCUT2D eigenvalue weighted by Gasteiger charge is 2.18. The molecule has 2 N–H and O–H groups in total. The molecule has 0 unspecified atom stereocenters. The maximum Gasteiger partial charge on any atom is 0.329 e. The minimum Gasteiger partial charge on any atom is -0.328 e. The molecule has 0 spiro atoms. The van der Waals surface area contributed by atoms with Crippen molar-refractivity contribution in [3.63, 3.8) is 0 Å². The lowest BCUT2D eigenvalue weighted by Crippen LogP contribution is -2.48. The Morgan fingerprint density at radius 3 is 2.00 bits per heavy atom. The standard InChI is InChI=1S/C11H21N3O3/c1-5-8(6-2)9(15)12-10(16)13-11(17)14(4)7-3/h8H,5-7H2,1-4H3,(H2,12,13,15,16,17). The van der Waals surface area contributed by atoms with Crippen LogP contribution in [0.2, 0.25) is 0 Å². The molecule has 0 bridgehead atoms. The van der Waals surface area contributed by atoms with Crippen LogP contribution in [0.25, 0.3) is 0 Å². The summed E-state index contributed by atoms with van der Waals surface area (Å²) in [5.74, 6) is -0.542. The van der Waals surface area contributed by atoms with Gasteiger partial charge in [0.05, 0.1) is 0 Å². The van der Waals surface area contributed by atoms with Crippen molar-refractivity contribution in [1.82, 2.24) is 15.5 Å². The van der Waals surface area contributed by atoms with Gasteiger partial charge in [0.2, 0.25) is 5.91 Å². The summed E-state index contributed by atoms with van der Waals surface area (Å²) in [4.78, 5) is 35.5. The van der Waals surface area contributed by atoms with E-state index in [1.165, 1.54) is 4.90 Å². The van der Waals surface area contributed by atoms with E-state index in [2.05, 4.69) is 10.6 Å². The Hall–Kier alpha value is -1.59. The van der Waals surface area contributed by atoms with Crippen molar-refractivity contribution >= 4 is 18.0 Å². The second-order valence-corrected chi connectivity index (χ2v) is 3.78. The number of nitrogens with one attached hydrogen (secondary N) is 2. The molecule has 5 amide bonds. The number of imide groups is 2. The fourth-order valence-electron chi connectivity index (χ4n) is 1.24. The second-order valence-electron chi connectivity index (χ2n) is 3.78. The number of hydrogen-bond acceptors (Lipinski definition) is 3. The van der Waals surface area contributed by atoms with E-state index in [1.54, 1.807) is 14.0 Å². The molecule has 0 saturated heterocycles. The first kappa shape index (κ1) is 15.4. The van der Waals surface area contributed by atoms with Crippen LogP contribution in [0.5, 0.6) is 0 Å². The first-order chi connectivity index (χ1) is 7.96. The zero-order valence-corrected chi connectivity index (χ0v) is 10.9. The summed E-state index contributed by atoms with van der Waals surface area (Å²) < 4.78 is 0. The fourth-order valence-corrected chi connectivity index (χ4v) is 1.24. The summed E-state index contributed by atoms with van der Waals surface area (Å²) in [6.07, 6.45) is 1.33. The van der Waals surface area contributed by atoms with Gasteiger partial charge in [-0.2, -0.15) is 0 Å². The Labute approximate surface area is 102 Å². The van der Waals surface area contributed by atoms with Crippen molar-refractivity contribution in [2.75, 3.05) is 13.6 Å². The number of hydrogen-bond donors (Lipinski definition) is 2. The van der Waals surface area contributed by atoms with Crippen molar-refractivity contribution in [1.29, 1.82) is 0 Å². The van der Waals surface area contributed by atoms with Crippen LogP contribution in [0.4, 0.5) is 9.59 Å². The lowest BCUT2D eigenvalue weighted by Gasteiger charge is -2.16. The van der Waals surface area contributed by atoms with E-state index >= 15 is 0 Å². The number of rotatable bonds is 4. The molecule has 6 heteroatoms. The van der Waals surface area contributed by atoms with Crippen LogP contribution in [0.3, 0.4) is 0 Å². The fraction of sp³-hybridized carbons (Fsp3) is 0.727. The highest BCUT2D eigenvalue weighted by Crippen LogP contribution is 2.06. The monoisotopic (exact) mass is 243 g/mol. The Balaban J connectivity index is 4.18. The highest BCUT2D eigenvalue weighted by molar-refractivity contribution is 6.02. The third-order valence-electron chi connectivity index (χ3n) is 2.63. The molecular weight excluding hydrogens is 222 g/mol. The van der Waals surface area contributed by atoms with Gasteiger partial charge in [-0.05, 0) is 19.8 Å². The number of urea groups is 2. The Morgan fingerprint density at radius 1 is 1.06 bits per heavy atom. The molecule has 0 fully saturated rings. The second kappa shape index (κ2) is 7.65. The van der Waals surface area contributed by atoms with Gasteiger partial charge in [-0.15, -0.1) is 0 Å². The number of amides is 5. The molecule has 0 aliphatic carbocycles. The molecule has 0 saturated carbocycles. The molecule has 17 heavy (non-hydrogen) atoms. The number of nitrogens with zero attached hydrogens (tertiary/aromatic N) is 1. The maximum atomic E-state index is 11.5. The number of carbonyl (C=O) groups is 3. The van der Waals surface area contributed by atoms with E-state index in [0.717, 1.165) is 0 Å². The summed E-state index contributed by atoms with van der Waals surface area (Å²) in [6, 6.07) is -1.30. The molecule has 0 aromatic rings. The van der Waals surface area contributed by atoms with E-state index in [0.29, 0.717) is 19.4 Å². The third-order valence-corrected chi connectivity index (χ3v) is 2.63. The van der Waals surface area contributed by atoms with Crippen LogP contribution in [0.15, 0.2) is 0 Å². The predicted octanol–water partition coefficient (Wildman–Crippen LogP) is 1.32. The third kappa shape index (κ3) is 5.33. The molecule has 0 aliphatic rings. The summed E-state index contributed by atoms with van der Waals surface area (Å²) >= 11 is 0. The zero-order chi connectivity index (χ0) is 13.4. The minimum atomic E-state index is -0.771. The Bertz CT molecular complexity index is 288. The van der Waals surface area contributed by atoms with E-state index in [4.69, 9.17) is 0 Å². The first-order valence-electron chi connectivity index (χ1n) is 5.83. The van der Waals surface area contributed by atoms with Gasteiger partial charge in [-0.1, -0.05) is 13.8 Å². The van der Waals surface area contributed by atoms with Gasteiger partial charge >= 0.3 is 12.1 Å². The van der Waals surface area contributed by atoms with Crippen molar-refractivity contribution in [3.8, 4) is 0 Å². The van der Waals surface area contributed by atoms with Crippen LogP contribution in [-0.2, 0) is 4.79 Å². The molecule has 0 atom stereocenters. The highest BCUT2D eigenvalue weighted by atomic mass is 16.2. The van der Waals surface area contributed by atoms with E-state index in [-0.39, 0.29) is 11.8 Å². The van der Waals surface area contributed by atoms with Gasteiger partial charge in [0.1, 0.15) is 0 Å². The van der Waals surface area contributed by atoms with Gasteiger partial charge in [-0.3, -0.25) is 15.4 Å². The van der Waals surface area contributed by atoms with E-state index < -0.39 is 12.1 Å². The SMILES string of the molecule is CCC(CC)C(=O)NC(=O)NC(=O)N(C)CC. The lowest BCUT2D eigenvalue weighted by molar-refractivity contribution is -0.124. The van der Waals surface area contributed by atoms with Gasteiger partial charge in [-0.25, -0.2) is 9.59 Å². The molecule has 0 rings (SSSR count). The number of carbonyl (C=O) groups excluding carboxylic acids is 3. The topological polar surface area (TPSA) is 78.5 Å². The Morgan fingerprint density at radius 2 is 1.59 bits per heavy atom. The largest absolute Gasteiger partial charge is 0.329 e. The van der Waals surface area contributed by atoms with Crippen LogP contribution in [-0.4, -0.2) is 36.5 Å². The lowest BCUT2D eigenvalue weighted by atomic mass is 10.0. The van der Waals surface area contributed by atoms with Gasteiger partial charge < -0.3 is 4.90 Å². The molecule has 0 aliphatic heterocycles. The smallest absolute Gasteiger partial charge is 0.328 e. The van der Waals surface area contributed by atoms with Gasteiger partial charge in [0.25, 0.3) is 0 Å². The minimum absolute atomic E-state index is 0.195. The Kier molecular flexibility index (Phi) is 6.93. The quantitative estimate of drug-likeness (QED) is 0.781. The van der Waals surface area contributed by atoms with Gasteiger partial charge in [0.15, 0.2) is 0 Å². The van der Waals surface area contributed by atoms with Crippen LogP contribution >= 0.6 is 0 Å². The van der Waals surface area contributed by atoms with E-state index in [9.17, 15) is 14.4 Å². The zero-order valence-electron chi connectivity index (χ0n) is 10.9. The molecule has 6 nitrogen and oxygen atoms in total. The molecular formula is C11H21N3O3. The van der Waals surface area contributed by atoms with Crippen molar-refractivity contribution in [3.05, 3.63) is 0 Å². The first-order valence-corrected chi connectivity index (χ1v) is 5.83. The normalized spacial score (nSPS) is 9.94. The molecule has 98 valence electrons. The van der Waals surface area contributed by atoms with Crippen molar-refractivity contribution < 1.29 is 14.4 Å².